The van der Waals surface area contributed by atoms with Gasteiger partial charge in [0, 0.05) is 22.3 Å². The van der Waals surface area contributed by atoms with E-state index in [0.29, 0.717) is 16.8 Å². The van der Waals surface area contributed by atoms with Gasteiger partial charge in [-0.3, -0.25) is 0 Å². The molecule has 0 atom stereocenters. The van der Waals surface area contributed by atoms with Gasteiger partial charge in [-0.05, 0) is 69.6 Å². The van der Waals surface area contributed by atoms with Crippen molar-refractivity contribution in [3.8, 4) is 28.0 Å². The molecule has 5 aromatic rings. The summed E-state index contributed by atoms with van der Waals surface area (Å²) in [6, 6.07) is 12.5. The molecule has 0 aliphatic rings. The van der Waals surface area contributed by atoms with Crippen molar-refractivity contribution in [2.24, 2.45) is 0 Å². The molecule has 0 aliphatic heterocycles. The smallest absolute Gasteiger partial charge is 0.365 e. The summed E-state index contributed by atoms with van der Waals surface area (Å²) in [5.41, 5.74) is 1.44. The molecule has 0 saturated heterocycles. The zero-order valence-electron chi connectivity index (χ0n) is 20.2. The summed E-state index contributed by atoms with van der Waals surface area (Å²) in [5, 5.41) is 19.1. The van der Waals surface area contributed by atoms with Gasteiger partial charge < -0.3 is 18.9 Å². The number of rotatable bonds is 7. The molecule has 0 spiro atoms. The van der Waals surface area contributed by atoms with Crippen molar-refractivity contribution in [3.05, 3.63) is 65.7 Å². The van der Waals surface area contributed by atoms with Crippen LogP contribution in [0.3, 0.4) is 0 Å². The SMILES string of the molecule is C.COc1ccc2nc(-[n+]3nc(-c4cc(C)cc(S(=O)(=O)[O-])c4)nn3-c3cc(S(=O)(=O)[O-])ccc3CO)sc2c1. The molecule has 0 fully saturated rings. The number of benzene rings is 3. The molecule has 0 saturated carbocycles. The second-order valence-corrected chi connectivity index (χ2v) is 12.1. The zero-order valence-corrected chi connectivity index (χ0v) is 22.6. The maximum Gasteiger partial charge on any atom is 0.365 e. The van der Waals surface area contributed by atoms with E-state index >= 15 is 0 Å². The number of fused-ring (bicyclic) bond motifs is 1. The molecule has 2 heterocycles. The second-order valence-electron chi connectivity index (χ2n) is 8.32. The number of hydrogen-bond acceptors (Lipinski definition) is 12. The Labute approximate surface area is 233 Å². The molecule has 2 aromatic heterocycles. The molecule has 40 heavy (non-hydrogen) atoms. The summed E-state index contributed by atoms with van der Waals surface area (Å²) in [4.78, 5) is 5.87. The van der Waals surface area contributed by atoms with E-state index < -0.39 is 36.6 Å². The number of thiazole rings is 1. The molecule has 0 aliphatic carbocycles. The maximum absolute atomic E-state index is 11.8. The summed E-state index contributed by atoms with van der Waals surface area (Å²) < 4.78 is 76.4. The summed E-state index contributed by atoms with van der Waals surface area (Å²) in [5.74, 6) is 0.548. The van der Waals surface area contributed by atoms with E-state index in [2.05, 4.69) is 15.2 Å². The van der Waals surface area contributed by atoms with Gasteiger partial charge in [0.05, 0.1) is 28.2 Å². The first-order valence-electron chi connectivity index (χ1n) is 11.0. The van der Waals surface area contributed by atoms with Gasteiger partial charge in [0.15, 0.2) is 5.52 Å². The highest BCUT2D eigenvalue weighted by molar-refractivity contribution is 7.86. The lowest BCUT2D eigenvalue weighted by atomic mass is 10.1. The maximum atomic E-state index is 11.8. The van der Waals surface area contributed by atoms with Crippen molar-refractivity contribution < 1.29 is 40.6 Å². The molecule has 13 nitrogen and oxygen atoms in total. The van der Waals surface area contributed by atoms with Crippen molar-refractivity contribution >= 4 is 41.8 Å². The fourth-order valence-corrected chi connectivity index (χ4v) is 5.85. The van der Waals surface area contributed by atoms with E-state index in [9.17, 15) is 31.0 Å². The Kier molecular flexibility index (Phi) is 7.77. The lowest BCUT2D eigenvalue weighted by Crippen LogP contribution is -2.43. The Hall–Kier alpha value is -3.80. The first-order valence-corrected chi connectivity index (χ1v) is 14.6. The lowest BCUT2D eigenvalue weighted by molar-refractivity contribution is -0.734. The van der Waals surface area contributed by atoms with E-state index in [0.717, 1.165) is 27.7 Å². The summed E-state index contributed by atoms with van der Waals surface area (Å²) >= 11 is 1.19. The van der Waals surface area contributed by atoms with Gasteiger partial charge in [0.1, 0.15) is 31.7 Å². The van der Waals surface area contributed by atoms with Crippen LogP contribution >= 0.6 is 11.3 Å². The van der Waals surface area contributed by atoms with Gasteiger partial charge in [-0.1, -0.05) is 29.8 Å². The Bertz CT molecular complexity index is 1970. The van der Waals surface area contributed by atoms with Gasteiger partial charge in [0.25, 0.3) is 5.82 Å². The third-order valence-corrected chi connectivity index (χ3v) is 8.27. The molecular weight excluding hydrogens is 582 g/mol. The van der Waals surface area contributed by atoms with Crippen LogP contribution in [-0.4, -0.2) is 58.1 Å². The normalized spacial score (nSPS) is 11.9. The molecule has 3 aromatic carbocycles. The van der Waals surface area contributed by atoms with Crippen LogP contribution in [0.4, 0.5) is 0 Å². The number of hydrogen-bond donors (Lipinski definition) is 1. The molecule has 0 amide bonds. The van der Waals surface area contributed by atoms with Crippen LogP contribution in [0.1, 0.15) is 18.6 Å². The van der Waals surface area contributed by atoms with Gasteiger partial charge in [0.2, 0.25) is 0 Å². The van der Waals surface area contributed by atoms with Crippen molar-refractivity contribution in [2.45, 2.75) is 30.7 Å². The first kappa shape index (κ1) is 29.2. The van der Waals surface area contributed by atoms with Crippen LogP contribution in [-0.2, 0) is 26.8 Å². The number of aryl methyl sites for hydroxylation is 1. The van der Waals surface area contributed by atoms with Crippen LogP contribution in [0, 0.1) is 6.92 Å². The minimum Gasteiger partial charge on any atom is -0.744 e. The number of methoxy groups -OCH3 is 1. The third kappa shape index (κ3) is 5.58. The average molecular weight is 605 g/mol. The van der Waals surface area contributed by atoms with Crippen molar-refractivity contribution in [1.29, 1.82) is 0 Å². The molecule has 0 unspecified atom stereocenters. The number of nitrogens with zero attached hydrogens (tertiary/aromatic N) is 5. The highest BCUT2D eigenvalue weighted by Gasteiger charge is 2.27. The lowest BCUT2D eigenvalue weighted by Gasteiger charge is -2.11. The van der Waals surface area contributed by atoms with Crippen molar-refractivity contribution in [3.63, 3.8) is 0 Å². The van der Waals surface area contributed by atoms with E-state index in [1.807, 2.05) is 0 Å². The molecule has 0 radical (unpaired) electrons. The summed E-state index contributed by atoms with van der Waals surface area (Å²) in [6.07, 6.45) is 0. The quantitative estimate of drug-likeness (QED) is 0.211. The van der Waals surface area contributed by atoms with E-state index in [-0.39, 0.29) is 35.2 Å². The fourth-order valence-electron chi connectivity index (χ4n) is 3.83. The second kappa shape index (κ2) is 10.6. The molecule has 5 rings (SSSR count). The Morgan fingerprint density at radius 1 is 1.00 bits per heavy atom. The largest absolute Gasteiger partial charge is 0.744 e. The molecule has 1 N–H and O–H groups in total. The van der Waals surface area contributed by atoms with Crippen LogP contribution in [0.2, 0.25) is 0 Å². The minimum absolute atomic E-state index is 0. The summed E-state index contributed by atoms with van der Waals surface area (Å²) in [6.45, 7) is 1.06. The Balaban J connectivity index is 0.00000370. The third-order valence-electron chi connectivity index (χ3n) is 5.64. The van der Waals surface area contributed by atoms with Crippen LogP contribution in [0.15, 0.2) is 64.4 Å². The van der Waals surface area contributed by atoms with Crippen molar-refractivity contribution in [2.75, 3.05) is 7.11 Å². The predicted octanol–water partition coefficient (Wildman–Crippen LogP) is 2.07. The average Bonchev–Trinajstić information content (AvgIpc) is 3.51. The number of aliphatic hydroxyl groups is 1. The van der Waals surface area contributed by atoms with E-state index in [4.69, 9.17) is 4.74 Å². The van der Waals surface area contributed by atoms with E-state index in [1.54, 1.807) is 31.2 Å². The highest BCUT2D eigenvalue weighted by Crippen LogP contribution is 2.28. The van der Waals surface area contributed by atoms with Gasteiger partial charge in [-0.2, -0.15) is 0 Å². The molecule has 0 bridgehead atoms. The highest BCUT2D eigenvalue weighted by atomic mass is 32.2. The summed E-state index contributed by atoms with van der Waals surface area (Å²) in [7, 11) is -8.14. The number of tetrazole rings is 1. The van der Waals surface area contributed by atoms with Gasteiger partial charge in [-0.15, -0.1) is 0 Å². The molecule has 210 valence electrons. The number of aromatic nitrogens is 5. The van der Waals surface area contributed by atoms with Crippen LogP contribution in [0.5, 0.6) is 5.75 Å². The number of ether oxygens (including phenoxy) is 1. The minimum atomic E-state index is -4.87. The Morgan fingerprint density at radius 2 is 1.73 bits per heavy atom. The van der Waals surface area contributed by atoms with E-state index in [1.165, 1.54) is 35.4 Å². The predicted molar refractivity (Wildman–Crippen MR) is 141 cm³/mol. The zero-order chi connectivity index (χ0) is 28.1. The van der Waals surface area contributed by atoms with Crippen LogP contribution in [0.25, 0.3) is 32.4 Å². The van der Waals surface area contributed by atoms with Crippen LogP contribution < -0.4 is 9.53 Å². The fraction of sp³-hybridized carbons (Fsp3) is 0.167. The Morgan fingerprint density at radius 3 is 2.38 bits per heavy atom. The topological polar surface area (TPSA) is 191 Å². The molecular formula is C24H22N5O8S3-. The monoisotopic (exact) mass is 604 g/mol. The van der Waals surface area contributed by atoms with Gasteiger partial charge >= 0.3 is 5.13 Å². The number of aliphatic hydroxyl groups excluding tert-OH is 1. The molecule has 16 heteroatoms. The van der Waals surface area contributed by atoms with Gasteiger partial charge in [-0.25, -0.2) is 16.8 Å². The van der Waals surface area contributed by atoms with Crippen molar-refractivity contribution in [1.82, 2.24) is 20.0 Å². The first-order chi connectivity index (χ1) is 18.4. The standard InChI is InChI=1S/C23H19N5O8S3.CH4/c1-13-7-15(9-18(8-13)39(33,34)35)22-25-27(20-11-17(38(30,31)32)5-3-14(20)12-29)28(26-22)23-24-19-6-4-16(36-2)10-21(19)37-23;/h3-11,29H,12H2,1-2H3,(H-,30,31,32,33,34,35);1H4/p-1.